The van der Waals surface area contributed by atoms with Crippen LogP contribution in [0.25, 0.3) is 0 Å². The van der Waals surface area contributed by atoms with E-state index in [0.29, 0.717) is 18.0 Å². The van der Waals surface area contributed by atoms with Gasteiger partial charge in [0.2, 0.25) is 11.8 Å². The van der Waals surface area contributed by atoms with Crippen LogP contribution in [0.2, 0.25) is 5.02 Å². The van der Waals surface area contributed by atoms with Gasteiger partial charge in [0.05, 0.1) is 6.04 Å². The molecule has 0 bridgehead atoms. The number of aromatic nitrogens is 1. The summed E-state index contributed by atoms with van der Waals surface area (Å²) in [5.41, 5.74) is 1.63. The molecule has 28 heavy (non-hydrogen) atoms. The van der Waals surface area contributed by atoms with E-state index < -0.39 is 5.54 Å². The molecule has 0 saturated carbocycles. The number of carbonyl (C=O) groups excluding carboxylic acids is 2. The van der Waals surface area contributed by atoms with Crippen molar-refractivity contribution < 1.29 is 9.59 Å². The van der Waals surface area contributed by atoms with Gasteiger partial charge in [-0.15, -0.1) is 0 Å². The molecule has 2 heterocycles. The van der Waals surface area contributed by atoms with Gasteiger partial charge < -0.3 is 14.4 Å². The van der Waals surface area contributed by atoms with E-state index >= 15 is 0 Å². The van der Waals surface area contributed by atoms with Crippen LogP contribution in [0.1, 0.15) is 51.4 Å². The first kappa shape index (κ1) is 20.5. The number of rotatable bonds is 4. The van der Waals surface area contributed by atoms with Crippen LogP contribution in [-0.2, 0) is 16.1 Å². The second-order valence-corrected chi connectivity index (χ2v) is 8.61. The van der Waals surface area contributed by atoms with Crippen molar-refractivity contribution >= 4 is 23.4 Å². The predicted octanol–water partition coefficient (Wildman–Crippen LogP) is 4.11. The molecule has 150 valence electrons. The largest absolute Gasteiger partial charge is 0.348 e. The van der Waals surface area contributed by atoms with E-state index in [0.717, 1.165) is 17.8 Å². The Morgan fingerprint density at radius 1 is 1.18 bits per heavy atom. The third-order valence-electron chi connectivity index (χ3n) is 5.23. The summed E-state index contributed by atoms with van der Waals surface area (Å²) < 4.78 is 2.17. The van der Waals surface area contributed by atoms with Gasteiger partial charge in [0.1, 0.15) is 6.54 Å². The predicted molar refractivity (Wildman–Crippen MR) is 111 cm³/mol. The van der Waals surface area contributed by atoms with Crippen LogP contribution < -0.4 is 0 Å². The van der Waals surface area contributed by atoms with Gasteiger partial charge in [0.15, 0.2) is 0 Å². The Morgan fingerprint density at radius 2 is 1.93 bits per heavy atom. The lowest BCUT2D eigenvalue weighted by atomic mass is 9.99. The monoisotopic (exact) mass is 401 g/mol. The first-order valence-electron chi connectivity index (χ1n) is 9.73. The maximum absolute atomic E-state index is 13.4. The highest BCUT2D eigenvalue weighted by Crippen LogP contribution is 2.34. The van der Waals surface area contributed by atoms with Gasteiger partial charge in [0, 0.05) is 42.0 Å². The van der Waals surface area contributed by atoms with Gasteiger partial charge >= 0.3 is 0 Å². The molecule has 0 aliphatic carbocycles. The molecular formula is C22H28ClN3O2. The first-order valence-corrected chi connectivity index (χ1v) is 10.1. The molecule has 1 aromatic heterocycles. The topological polar surface area (TPSA) is 45.6 Å². The van der Waals surface area contributed by atoms with Crippen molar-refractivity contribution in [2.75, 3.05) is 13.1 Å². The van der Waals surface area contributed by atoms with Gasteiger partial charge in [-0.1, -0.05) is 30.7 Å². The van der Waals surface area contributed by atoms with Crippen molar-refractivity contribution in [3.8, 4) is 0 Å². The van der Waals surface area contributed by atoms with Crippen molar-refractivity contribution in [1.29, 1.82) is 0 Å². The molecular weight excluding hydrogens is 374 g/mol. The number of fused-ring (bicyclic) bond motifs is 1. The number of hydrogen-bond donors (Lipinski definition) is 0. The zero-order chi connectivity index (χ0) is 20.5. The lowest BCUT2D eigenvalue weighted by Crippen LogP contribution is -2.53. The number of benzene rings is 1. The van der Waals surface area contributed by atoms with E-state index in [4.69, 9.17) is 11.6 Å². The molecule has 5 nitrogen and oxygen atoms in total. The summed E-state index contributed by atoms with van der Waals surface area (Å²) >= 11 is 6.23. The molecule has 2 amide bonds. The Labute approximate surface area is 171 Å². The molecule has 1 atom stereocenters. The highest BCUT2D eigenvalue weighted by atomic mass is 35.5. The van der Waals surface area contributed by atoms with Gasteiger partial charge in [-0.25, -0.2) is 0 Å². The maximum Gasteiger partial charge on any atom is 0.243 e. The van der Waals surface area contributed by atoms with E-state index in [1.54, 1.807) is 4.90 Å². The molecule has 0 N–H and O–H groups in total. The fraction of sp³-hybridized carbons (Fsp3) is 0.455. The van der Waals surface area contributed by atoms with Gasteiger partial charge in [0.25, 0.3) is 0 Å². The summed E-state index contributed by atoms with van der Waals surface area (Å²) in [7, 11) is 0. The SMILES string of the molecule is CCC(=O)N(CC(=O)N1CCn2cccc2C1c1cccc(Cl)c1)C(C)(C)C. The van der Waals surface area contributed by atoms with E-state index in [-0.39, 0.29) is 24.4 Å². The molecule has 6 heteroatoms. The fourth-order valence-corrected chi connectivity index (χ4v) is 3.99. The standard InChI is InChI=1S/C22H28ClN3O2/c1-5-19(27)26(22(2,3)4)15-20(28)25-13-12-24-11-7-10-18(24)21(25)16-8-6-9-17(23)14-16/h6-11,14,21H,5,12-13,15H2,1-4H3. The Kier molecular flexibility index (Phi) is 5.84. The number of amides is 2. The number of carbonyl (C=O) groups is 2. The van der Waals surface area contributed by atoms with Crippen LogP contribution in [0.3, 0.4) is 0 Å². The summed E-state index contributed by atoms with van der Waals surface area (Å²) in [5.74, 6) is -0.0605. The van der Waals surface area contributed by atoms with Crippen molar-refractivity contribution in [3.63, 3.8) is 0 Å². The second-order valence-electron chi connectivity index (χ2n) is 8.18. The van der Waals surface area contributed by atoms with Crippen LogP contribution in [0, 0.1) is 0 Å². The van der Waals surface area contributed by atoms with Crippen LogP contribution in [0.5, 0.6) is 0 Å². The molecule has 1 unspecified atom stereocenters. The molecule has 3 rings (SSSR count). The summed E-state index contributed by atoms with van der Waals surface area (Å²) in [6.07, 6.45) is 2.42. The first-order chi connectivity index (χ1) is 13.2. The average Bonchev–Trinajstić information content (AvgIpc) is 3.12. The van der Waals surface area contributed by atoms with Crippen LogP contribution in [-0.4, -0.2) is 44.8 Å². The van der Waals surface area contributed by atoms with Crippen molar-refractivity contribution in [3.05, 3.63) is 58.9 Å². The van der Waals surface area contributed by atoms with Crippen molar-refractivity contribution in [1.82, 2.24) is 14.4 Å². The Bertz CT molecular complexity index is 869. The quantitative estimate of drug-likeness (QED) is 0.773. The molecule has 0 fully saturated rings. The number of halogens is 1. The Morgan fingerprint density at radius 3 is 2.57 bits per heavy atom. The molecule has 0 spiro atoms. The van der Waals surface area contributed by atoms with Crippen LogP contribution in [0.15, 0.2) is 42.6 Å². The molecule has 0 radical (unpaired) electrons. The number of nitrogens with zero attached hydrogens (tertiary/aromatic N) is 3. The normalized spacial score (nSPS) is 16.6. The van der Waals surface area contributed by atoms with Crippen molar-refractivity contribution in [2.45, 2.75) is 52.2 Å². The molecule has 2 aromatic rings. The minimum atomic E-state index is -0.412. The second kappa shape index (κ2) is 8.00. The zero-order valence-corrected chi connectivity index (χ0v) is 17.7. The summed E-state index contributed by atoms with van der Waals surface area (Å²) in [6, 6.07) is 11.5. The highest BCUT2D eigenvalue weighted by Gasteiger charge is 2.35. The molecule has 1 aliphatic rings. The van der Waals surface area contributed by atoms with E-state index in [1.165, 1.54) is 0 Å². The maximum atomic E-state index is 13.4. The third kappa shape index (κ3) is 4.09. The van der Waals surface area contributed by atoms with Crippen LogP contribution in [0.4, 0.5) is 0 Å². The van der Waals surface area contributed by atoms with Gasteiger partial charge in [-0.2, -0.15) is 0 Å². The number of hydrogen-bond acceptors (Lipinski definition) is 2. The van der Waals surface area contributed by atoms with Gasteiger partial charge in [-0.05, 0) is 50.6 Å². The minimum absolute atomic E-state index is 0.0134. The Balaban J connectivity index is 1.95. The minimum Gasteiger partial charge on any atom is -0.348 e. The average molecular weight is 402 g/mol. The third-order valence-corrected chi connectivity index (χ3v) is 5.46. The molecule has 0 saturated heterocycles. The molecule has 1 aliphatic heterocycles. The smallest absolute Gasteiger partial charge is 0.243 e. The van der Waals surface area contributed by atoms with E-state index in [2.05, 4.69) is 4.57 Å². The van der Waals surface area contributed by atoms with E-state index in [1.807, 2.05) is 75.2 Å². The lowest BCUT2D eigenvalue weighted by molar-refractivity contribution is -0.146. The Hall–Kier alpha value is -2.27. The summed E-state index contributed by atoms with van der Waals surface area (Å²) in [4.78, 5) is 29.4. The summed E-state index contributed by atoms with van der Waals surface area (Å²) in [5, 5.41) is 0.644. The van der Waals surface area contributed by atoms with E-state index in [9.17, 15) is 9.59 Å². The summed E-state index contributed by atoms with van der Waals surface area (Å²) in [6.45, 7) is 9.12. The van der Waals surface area contributed by atoms with Gasteiger partial charge in [-0.3, -0.25) is 9.59 Å². The van der Waals surface area contributed by atoms with Crippen LogP contribution >= 0.6 is 11.6 Å². The lowest BCUT2D eigenvalue weighted by Gasteiger charge is -2.41. The highest BCUT2D eigenvalue weighted by molar-refractivity contribution is 6.30. The molecule has 1 aromatic carbocycles. The fourth-order valence-electron chi connectivity index (χ4n) is 3.80. The van der Waals surface area contributed by atoms with Crippen molar-refractivity contribution in [2.24, 2.45) is 0 Å². The zero-order valence-electron chi connectivity index (χ0n) is 17.0.